The van der Waals surface area contributed by atoms with Crippen molar-refractivity contribution < 1.29 is 14.3 Å². The summed E-state index contributed by atoms with van der Waals surface area (Å²) >= 11 is 1.64. The molecule has 0 aliphatic rings. The summed E-state index contributed by atoms with van der Waals surface area (Å²) in [6, 6.07) is 4.46. The summed E-state index contributed by atoms with van der Waals surface area (Å²) in [6.45, 7) is 1.85. The molecule has 0 saturated carbocycles. The van der Waals surface area contributed by atoms with E-state index in [1.807, 2.05) is 13.2 Å². The van der Waals surface area contributed by atoms with E-state index in [1.165, 1.54) is 7.11 Å². The van der Waals surface area contributed by atoms with Crippen LogP contribution in [-0.2, 0) is 9.53 Å². The molecule has 0 saturated heterocycles. The number of methoxy groups -OCH3 is 1. The van der Waals surface area contributed by atoms with Gasteiger partial charge in [-0.05, 0) is 43.0 Å². The fourth-order valence-electron chi connectivity index (χ4n) is 1.60. The first-order valence-electron chi connectivity index (χ1n) is 6.24. The molecule has 0 aliphatic carbocycles. The summed E-state index contributed by atoms with van der Waals surface area (Å²) in [4.78, 5) is 23.4. The zero-order chi connectivity index (χ0) is 15.1. The zero-order valence-corrected chi connectivity index (χ0v) is 14.0. The molecule has 7 heteroatoms. The average molecular weight is 333 g/mol. The Kier molecular flexibility index (Phi) is 9.08. The Balaban J connectivity index is 0.00000400. The second kappa shape index (κ2) is 9.65. The van der Waals surface area contributed by atoms with Gasteiger partial charge in [-0.3, -0.25) is 4.79 Å². The minimum absolute atomic E-state index is 0. The highest BCUT2D eigenvalue weighted by Crippen LogP contribution is 2.18. The van der Waals surface area contributed by atoms with Crippen LogP contribution in [0.5, 0.6) is 0 Å². The van der Waals surface area contributed by atoms with E-state index in [9.17, 15) is 9.59 Å². The SMILES string of the molecule is COC(=O)c1ccc(C)c(NC(=O)[C@@H](N)CCSC)c1.Cl. The summed E-state index contributed by atoms with van der Waals surface area (Å²) in [5.74, 6) is 0.145. The predicted octanol–water partition coefficient (Wildman–Crippen LogP) is 2.22. The van der Waals surface area contributed by atoms with Crippen molar-refractivity contribution >= 4 is 41.7 Å². The third-order valence-corrected chi connectivity index (χ3v) is 3.53. The quantitative estimate of drug-likeness (QED) is 0.781. The third-order valence-electron chi connectivity index (χ3n) is 2.89. The van der Waals surface area contributed by atoms with E-state index in [1.54, 1.807) is 30.0 Å². The molecular weight excluding hydrogens is 312 g/mol. The van der Waals surface area contributed by atoms with Crippen molar-refractivity contribution in [1.82, 2.24) is 0 Å². The number of anilines is 1. The van der Waals surface area contributed by atoms with Gasteiger partial charge in [-0.15, -0.1) is 12.4 Å². The Bertz CT molecular complexity index is 497. The molecule has 0 aromatic heterocycles. The number of aryl methyl sites for hydroxylation is 1. The Labute approximate surface area is 135 Å². The second-order valence-electron chi connectivity index (χ2n) is 4.40. The Morgan fingerprint density at radius 1 is 1.43 bits per heavy atom. The molecule has 1 aromatic rings. The smallest absolute Gasteiger partial charge is 0.337 e. The number of thioether (sulfide) groups is 1. The van der Waals surface area contributed by atoms with Gasteiger partial charge in [0.05, 0.1) is 18.7 Å². The number of nitrogens with two attached hydrogens (primary N) is 1. The highest BCUT2D eigenvalue weighted by Gasteiger charge is 2.15. The molecule has 0 radical (unpaired) electrons. The minimum atomic E-state index is -0.552. The van der Waals surface area contributed by atoms with Gasteiger partial charge in [0.25, 0.3) is 0 Å². The second-order valence-corrected chi connectivity index (χ2v) is 5.38. The molecular formula is C14H21ClN2O3S. The van der Waals surface area contributed by atoms with Crippen molar-refractivity contribution in [3.8, 4) is 0 Å². The standard InChI is InChI=1S/C14H20N2O3S.ClH/c1-9-4-5-10(14(18)19-2)8-12(9)16-13(17)11(15)6-7-20-3;/h4-5,8,11H,6-7,15H2,1-3H3,(H,16,17);1H/t11-;/m0./s1. The Hall–Kier alpha value is -1.24. The van der Waals surface area contributed by atoms with Crippen molar-refractivity contribution in [3.63, 3.8) is 0 Å². The lowest BCUT2D eigenvalue weighted by Crippen LogP contribution is -2.36. The number of amides is 1. The normalized spacial score (nSPS) is 11.2. The van der Waals surface area contributed by atoms with Crippen LogP contribution in [-0.4, -0.2) is 37.0 Å². The molecule has 1 atom stereocenters. The number of esters is 1. The van der Waals surface area contributed by atoms with Crippen LogP contribution in [0.2, 0.25) is 0 Å². The molecule has 5 nitrogen and oxygen atoms in total. The molecule has 0 aliphatic heterocycles. The topological polar surface area (TPSA) is 81.4 Å². The maximum absolute atomic E-state index is 12.0. The molecule has 0 heterocycles. The molecule has 0 bridgehead atoms. The van der Waals surface area contributed by atoms with Crippen molar-refractivity contribution in [2.24, 2.45) is 5.73 Å². The number of hydrogen-bond donors (Lipinski definition) is 2. The van der Waals surface area contributed by atoms with E-state index >= 15 is 0 Å². The maximum atomic E-state index is 12.0. The first-order chi connectivity index (χ1) is 9.49. The first kappa shape index (κ1) is 19.8. The molecule has 1 amide bonds. The number of ether oxygens (including phenoxy) is 1. The molecule has 0 spiro atoms. The molecule has 0 fully saturated rings. The molecule has 21 heavy (non-hydrogen) atoms. The van der Waals surface area contributed by atoms with Crippen LogP contribution in [0.4, 0.5) is 5.69 Å². The summed E-state index contributed by atoms with van der Waals surface area (Å²) in [5, 5.41) is 2.76. The van der Waals surface area contributed by atoms with Gasteiger partial charge >= 0.3 is 5.97 Å². The fourth-order valence-corrected chi connectivity index (χ4v) is 2.09. The zero-order valence-electron chi connectivity index (χ0n) is 12.3. The minimum Gasteiger partial charge on any atom is -0.465 e. The number of rotatable bonds is 6. The molecule has 1 rings (SSSR count). The fraction of sp³-hybridized carbons (Fsp3) is 0.429. The number of carbonyl (C=O) groups is 2. The van der Waals surface area contributed by atoms with E-state index in [0.717, 1.165) is 11.3 Å². The van der Waals surface area contributed by atoms with E-state index in [2.05, 4.69) is 10.1 Å². The summed E-state index contributed by atoms with van der Waals surface area (Å²) in [7, 11) is 1.32. The van der Waals surface area contributed by atoms with Gasteiger partial charge in [-0.1, -0.05) is 6.07 Å². The number of halogens is 1. The van der Waals surface area contributed by atoms with Crippen LogP contribution in [0.3, 0.4) is 0 Å². The van der Waals surface area contributed by atoms with E-state index < -0.39 is 12.0 Å². The van der Waals surface area contributed by atoms with Gasteiger partial charge < -0.3 is 15.8 Å². The van der Waals surface area contributed by atoms with E-state index in [4.69, 9.17) is 5.73 Å². The largest absolute Gasteiger partial charge is 0.465 e. The van der Waals surface area contributed by atoms with Crippen molar-refractivity contribution in [1.29, 1.82) is 0 Å². The summed E-state index contributed by atoms with van der Waals surface area (Å²) in [6.07, 6.45) is 2.58. The lowest BCUT2D eigenvalue weighted by atomic mass is 10.1. The summed E-state index contributed by atoms with van der Waals surface area (Å²) in [5.41, 5.74) is 7.65. The van der Waals surface area contributed by atoms with Gasteiger partial charge in [-0.2, -0.15) is 11.8 Å². The lowest BCUT2D eigenvalue weighted by molar-refractivity contribution is -0.117. The van der Waals surface area contributed by atoms with Gasteiger partial charge in [0.1, 0.15) is 0 Å². The molecule has 0 unspecified atom stereocenters. The van der Waals surface area contributed by atoms with Gasteiger partial charge in [0.15, 0.2) is 0 Å². The number of benzene rings is 1. The monoisotopic (exact) mass is 332 g/mol. The highest BCUT2D eigenvalue weighted by atomic mass is 35.5. The lowest BCUT2D eigenvalue weighted by Gasteiger charge is -2.14. The van der Waals surface area contributed by atoms with Crippen LogP contribution in [0, 0.1) is 6.92 Å². The Morgan fingerprint density at radius 2 is 2.10 bits per heavy atom. The predicted molar refractivity (Wildman–Crippen MR) is 89.4 cm³/mol. The summed E-state index contributed by atoms with van der Waals surface area (Å²) < 4.78 is 4.66. The number of nitrogens with one attached hydrogen (secondary N) is 1. The molecule has 1 aromatic carbocycles. The molecule has 118 valence electrons. The first-order valence-corrected chi connectivity index (χ1v) is 7.63. The van der Waals surface area contributed by atoms with Crippen LogP contribution < -0.4 is 11.1 Å². The maximum Gasteiger partial charge on any atom is 0.337 e. The van der Waals surface area contributed by atoms with Crippen molar-refractivity contribution in [2.45, 2.75) is 19.4 Å². The van der Waals surface area contributed by atoms with Gasteiger partial charge in [-0.25, -0.2) is 4.79 Å². The number of hydrogen-bond acceptors (Lipinski definition) is 5. The Morgan fingerprint density at radius 3 is 2.67 bits per heavy atom. The van der Waals surface area contributed by atoms with Crippen LogP contribution in [0.1, 0.15) is 22.3 Å². The van der Waals surface area contributed by atoms with Crippen LogP contribution in [0.25, 0.3) is 0 Å². The average Bonchev–Trinajstić information content (AvgIpc) is 2.45. The van der Waals surface area contributed by atoms with Crippen molar-refractivity contribution in [3.05, 3.63) is 29.3 Å². The molecule has 3 N–H and O–H groups in total. The van der Waals surface area contributed by atoms with Gasteiger partial charge in [0.2, 0.25) is 5.91 Å². The van der Waals surface area contributed by atoms with Crippen LogP contribution in [0.15, 0.2) is 18.2 Å². The van der Waals surface area contributed by atoms with Crippen LogP contribution >= 0.6 is 24.2 Å². The van der Waals surface area contributed by atoms with Crippen molar-refractivity contribution in [2.75, 3.05) is 24.4 Å². The number of carbonyl (C=O) groups excluding carboxylic acids is 2. The highest BCUT2D eigenvalue weighted by molar-refractivity contribution is 7.98. The van der Waals surface area contributed by atoms with E-state index in [-0.39, 0.29) is 18.3 Å². The van der Waals surface area contributed by atoms with Gasteiger partial charge in [0, 0.05) is 5.69 Å². The third kappa shape index (κ3) is 5.95. The van der Waals surface area contributed by atoms with E-state index in [0.29, 0.717) is 17.7 Å².